The van der Waals surface area contributed by atoms with Crippen molar-refractivity contribution in [3.8, 4) is 0 Å². The molecule has 0 aliphatic rings. The maximum absolute atomic E-state index is 12.8. The molecule has 0 saturated carbocycles. The highest BCUT2D eigenvalue weighted by atomic mass is 35.5. The number of sulfonamides is 1. The Kier molecular flexibility index (Phi) is 5.35. The van der Waals surface area contributed by atoms with E-state index in [4.69, 9.17) is 16.7 Å². The van der Waals surface area contributed by atoms with Crippen LogP contribution in [-0.4, -0.2) is 26.0 Å². The van der Waals surface area contributed by atoms with Gasteiger partial charge in [-0.1, -0.05) is 23.7 Å². The SMILES string of the molecule is O=C(O)c1ccc(Cl)c(S(=O)(=O)NCCc2ccc(F)cc2)c1. The van der Waals surface area contributed by atoms with Gasteiger partial charge in [0.2, 0.25) is 10.0 Å². The Labute approximate surface area is 137 Å². The van der Waals surface area contributed by atoms with E-state index < -0.39 is 16.0 Å². The predicted molar refractivity (Wildman–Crippen MR) is 83.7 cm³/mol. The average Bonchev–Trinajstić information content (AvgIpc) is 2.49. The van der Waals surface area contributed by atoms with Gasteiger partial charge in [-0.2, -0.15) is 0 Å². The van der Waals surface area contributed by atoms with Gasteiger partial charge in [0.25, 0.3) is 0 Å². The number of carboxylic acids is 1. The van der Waals surface area contributed by atoms with Gasteiger partial charge in [0, 0.05) is 6.54 Å². The molecule has 5 nitrogen and oxygen atoms in total. The van der Waals surface area contributed by atoms with Crippen LogP contribution in [0.15, 0.2) is 47.4 Å². The van der Waals surface area contributed by atoms with Gasteiger partial charge in [-0.05, 0) is 42.3 Å². The molecule has 0 aliphatic carbocycles. The van der Waals surface area contributed by atoms with Gasteiger partial charge in [-0.15, -0.1) is 0 Å². The summed E-state index contributed by atoms with van der Waals surface area (Å²) in [6, 6.07) is 9.14. The van der Waals surface area contributed by atoms with Gasteiger partial charge in [0.1, 0.15) is 10.7 Å². The van der Waals surface area contributed by atoms with Crippen molar-refractivity contribution in [1.29, 1.82) is 0 Å². The summed E-state index contributed by atoms with van der Waals surface area (Å²) >= 11 is 5.85. The highest BCUT2D eigenvalue weighted by Gasteiger charge is 2.19. The molecule has 0 radical (unpaired) electrons. The van der Waals surface area contributed by atoms with Gasteiger partial charge in [-0.25, -0.2) is 22.3 Å². The van der Waals surface area contributed by atoms with E-state index in [2.05, 4.69) is 4.72 Å². The van der Waals surface area contributed by atoms with E-state index in [9.17, 15) is 17.6 Å². The fourth-order valence-corrected chi connectivity index (χ4v) is 3.46. The molecule has 2 rings (SSSR count). The minimum Gasteiger partial charge on any atom is -0.478 e. The van der Waals surface area contributed by atoms with Crippen LogP contribution in [0, 0.1) is 5.82 Å². The molecule has 0 aliphatic heterocycles. The molecule has 122 valence electrons. The Morgan fingerprint density at radius 3 is 2.43 bits per heavy atom. The average molecular weight is 358 g/mol. The summed E-state index contributed by atoms with van der Waals surface area (Å²) in [5.74, 6) is -1.61. The summed E-state index contributed by atoms with van der Waals surface area (Å²) in [5, 5.41) is 8.86. The molecular formula is C15H13ClFNO4S. The van der Waals surface area contributed by atoms with Crippen LogP contribution >= 0.6 is 11.6 Å². The Morgan fingerprint density at radius 1 is 1.17 bits per heavy atom. The van der Waals surface area contributed by atoms with E-state index >= 15 is 0 Å². The fourth-order valence-electron chi connectivity index (χ4n) is 1.90. The van der Waals surface area contributed by atoms with Crippen LogP contribution in [0.5, 0.6) is 0 Å². The van der Waals surface area contributed by atoms with Gasteiger partial charge in [0.15, 0.2) is 0 Å². The maximum atomic E-state index is 12.8. The number of aromatic carboxylic acids is 1. The van der Waals surface area contributed by atoms with Gasteiger partial charge >= 0.3 is 5.97 Å². The third-order valence-corrected chi connectivity index (χ3v) is 5.03. The second kappa shape index (κ2) is 7.08. The fraction of sp³-hybridized carbons (Fsp3) is 0.133. The lowest BCUT2D eigenvalue weighted by atomic mass is 10.1. The van der Waals surface area contributed by atoms with Crippen LogP contribution in [-0.2, 0) is 16.4 Å². The molecular weight excluding hydrogens is 345 g/mol. The molecule has 0 amide bonds. The number of rotatable bonds is 6. The van der Waals surface area contributed by atoms with Crippen LogP contribution in [0.3, 0.4) is 0 Å². The zero-order chi connectivity index (χ0) is 17.0. The monoisotopic (exact) mass is 357 g/mol. The summed E-state index contributed by atoms with van der Waals surface area (Å²) in [4.78, 5) is 10.6. The minimum atomic E-state index is -3.94. The van der Waals surface area contributed by atoms with Crippen LogP contribution in [0.25, 0.3) is 0 Å². The standard InChI is InChI=1S/C15H13ClFNO4S/c16-13-6-3-11(15(19)20)9-14(13)23(21,22)18-8-7-10-1-4-12(17)5-2-10/h1-6,9,18H,7-8H2,(H,19,20). The van der Waals surface area contributed by atoms with Crippen molar-refractivity contribution in [2.24, 2.45) is 0 Å². The number of hydrogen-bond donors (Lipinski definition) is 2. The lowest BCUT2D eigenvalue weighted by molar-refractivity contribution is 0.0696. The van der Waals surface area contributed by atoms with Crippen molar-refractivity contribution in [1.82, 2.24) is 4.72 Å². The molecule has 2 aromatic carbocycles. The predicted octanol–water partition coefficient (Wildman–Crippen LogP) is 2.70. The molecule has 0 unspecified atom stereocenters. The molecule has 0 aromatic heterocycles. The van der Waals surface area contributed by atoms with Gasteiger partial charge in [-0.3, -0.25) is 0 Å². The van der Waals surface area contributed by atoms with Crippen molar-refractivity contribution >= 4 is 27.6 Å². The smallest absolute Gasteiger partial charge is 0.335 e. The first-order valence-corrected chi connectivity index (χ1v) is 8.42. The number of benzene rings is 2. The molecule has 23 heavy (non-hydrogen) atoms. The largest absolute Gasteiger partial charge is 0.478 e. The quantitative estimate of drug-likeness (QED) is 0.832. The van der Waals surface area contributed by atoms with Crippen LogP contribution in [0.2, 0.25) is 5.02 Å². The number of nitrogens with one attached hydrogen (secondary N) is 1. The summed E-state index contributed by atoms with van der Waals surface area (Å²) in [6.07, 6.45) is 0.357. The molecule has 0 saturated heterocycles. The molecule has 0 atom stereocenters. The first-order valence-electron chi connectivity index (χ1n) is 6.56. The van der Waals surface area contributed by atoms with E-state index in [1.54, 1.807) is 12.1 Å². The summed E-state index contributed by atoms with van der Waals surface area (Å²) in [6.45, 7) is 0.0710. The highest BCUT2D eigenvalue weighted by molar-refractivity contribution is 7.89. The Hall–Kier alpha value is -1.96. The van der Waals surface area contributed by atoms with Crippen LogP contribution in [0.4, 0.5) is 4.39 Å². The molecule has 8 heteroatoms. The molecule has 0 heterocycles. The normalized spacial score (nSPS) is 11.4. The maximum Gasteiger partial charge on any atom is 0.335 e. The molecule has 0 bridgehead atoms. The second-order valence-electron chi connectivity index (χ2n) is 4.72. The van der Waals surface area contributed by atoms with E-state index in [0.29, 0.717) is 6.42 Å². The molecule has 2 N–H and O–H groups in total. The van der Waals surface area contributed by atoms with Gasteiger partial charge in [0.05, 0.1) is 10.6 Å². The lowest BCUT2D eigenvalue weighted by Crippen LogP contribution is -2.26. The van der Waals surface area contributed by atoms with Crippen molar-refractivity contribution in [3.05, 3.63) is 64.4 Å². The van der Waals surface area contributed by atoms with Crippen molar-refractivity contribution in [2.45, 2.75) is 11.3 Å². The van der Waals surface area contributed by atoms with Crippen molar-refractivity contribution in [2.75, 3.05) is 6.54 Å². The summed E-state index contributed by atoms with van der Waals surface area (Å²) in [7, 11) is -3.94. The Morgan fingerprint density at radius 2 is 1.83 bits per heavy atom. The van der Waals surface area contributed by atoms with E-state index in [1.807, 2.05) is 0 Å². The molecule has 0 fully saturated rings. The first-order chi connectivity index (χ1) is 10.8. The highest BCUT2D eigenvalue weighted by Crippen LogP contribution is 2.22. The number of carbonyl (C=O) groups is 1. The molecule has 2 aromatic rings. The number of halogens is 2. The topological polar surface area (TPSA) is 83.5 Å². The Balaban J connectivity index is 2.11. The third-order valence-electron chi connectivity index (χ3n) is 3.09. The molecule has 0 spiro atoms. The minimum absolute atomic E-state index is 0.0655. The van der Waals surface area contributed by atoms with Crippen LogP contribution < -0.4 is 4.72 Å². The van der Waals surface area contributed by atoms with E-state index in [-0.39, 0.29) is 27.8 Å². The van der Waals surface area contributed by atoms with Crippen molar-refractivity contribution in [3.63, 3.8) is 0 Å². The zero-order valence-electron chi connectivity index (χ0n) is 11.8. The lowest BCUT2D eigenvalue weighted by Gasteiger charge is -2.09. The van der Waals surface area contributed by atoms with E-state index in [0.717, 1.165) is 11.6 Å². The zero-order valence-corrected chi connectivity index (χ0v) is 13.4. The second-order valence-corrected chi connectivity index (χ2v) is 6.87. The first kappa shape index (κ1) is 17.4. The third kappa shape index (κ3) is 4.51. The Bertz CT molecular complexity index is 822. The number of carboxylic acid groups (broad SMARTS) is 1. The van der Waals surface area contributed by atoms with Crippen molar-refractivity contribution < 1.29 is 22.7 Å². The van der Waals surface area contributed by atoms with Gasteiger partial charge < -0.3 is 5.11 Å². The van der Waals surface area contributed by atoms with E-state index in [1.165, 1.54) is 24.3 Å². The van der Waals surface area contributed by atoms with Crippen LogP contribution in [0.1, 0.15) is 15.9 Å². The number of hydrogen-bond acceptors (Lipinski definition) is 3. The summed E-state index contributed by atoms with van der Waals surface area (Å²) in [5.41, 5.74) is 0.591. The summed E-state index contributed by atoms with van der Waals surface area (Å²) < 4.78 is 39.6.